The number of nitrogens with one attached hydrogen (secondary N) is 7. The number of tetrazole rings is 1. The second-order valence-electron chi connectivity index (χ2n) is 13.1. The number of benzene rings is 1. The van der Waals surface area contributed by atoms with E-state index in [0.717, 1.165) is 0 Å². The van der Waals surface area contributed by atoms with Crippen molar-refractivity contribution in [2.45, 2.75) is 118 Å². The monoisotopic (exact) mass is 684 g/mol. The minimum atomic E-state index is -0.861. The van der Waals surface area contributed by atoms with Crippen LogP contribution in [-0.2, 0) is 19.2 Å². The SMILES string of the molecule is CCC[C@H](NC(=O)c1cccc(-c2nn[nH]n2)c1)C(=O)N[C@@H](CCC)C(=O)N[C@H](CN[C@@H](C)C(=O)N[C@H](C(=O)NCC)C(C)C)CC(C)C. The average Bonchev–Trinajstić information content (AvgIpc) is 3.60. The number of rotatable bonds is 21. The number of aromatic amines is 1. The third-order valence-corrected chi connectivity index (χ3v) is 7.90. The van der Waals surface area contributed by atoms with Gasteiger partial charge >= 0.3 is 0 Å². The van der Waals surface area contributed by atoms with Gasteiger partial charge in [-0.1, -0.05) is 66.5 Å². The van der Waals surface area contributed by atoms with E-state index in [1.165, 1.54) is 0 Å². The number of H-pyrrole nitrogens is 1. The molecule has 1 heterocycles. The lowest BCUT2D eigenvalue weighted by Gasteiger charge is -2.28. The molecule has 1 aromatic carbocycles. The van der Waals surface area contributed by atoms with Crippen LogP contribution in [0, 0.1) is 11.8 Å². The maximum Gasteiger partial charge on any atom is 0.251 e. The van der Waals surface area contributed by atoms with Crippen LogP contribution in [0.15, 0.2) is 24.3 Å². The van der Waals surface area contributed by atoms with Crippen molar-refractivity contribution in [2.24, 2.45) is 11.8 Å². The fourth-order valence-corrected chi connectivity index (χ4v) is 5.29. The van der Waals surface area contributed by atoms with E-state index in [-0.39, 0.29) is 35.6 Å². The summed E-state index contributed by atoms with van der Waals surface area (Å²) in [6.07, 6.45) is 2.67. The zero-order valence-electron chi connectivity index (χ0n) is 30.2. The lowest BCUT2D eigenvalue weighted by Crippen LogP contribution is -2.57. The van der Waals surface area contributed by atoms with Crippen LogP contribution in [0.4, 0.5) is 0 Å². The molecule has 0 aliphatic rings. The molecule has 0 bridgehead atoms. The van der Waals surface area contributed by atoms with E-state index >= 15 is 0 Å². The van der Waals surface area contributed by atoms with Gasteiger partial charge in [-0.15, -0.1) is 10.2 Å². The molecule has 0 saturated carbocycles. The van der Waals surface area contributed by atoms with Crippen molar-refractivity contribution in [2.75, 3.05) is 13.1 Å². The van der Waals surface area contributed by atoms with Gasteiger partial charge in [0, 0.05) is 30.3 Å². The van der Waals surface area contributed by atoms with E-state index in [0.29, 0.717) is 62.1 Å². The average molecular weight is 685 g/mol. The van der Waals surface area contributed by atoms with Gasteiger partial charge in [0.25, 0.3) is 5.91 Å². The first kappa shape index (κ1) is 40.8. The van der Waals surface area contributed by atoms with E-state index in [2.05, 4.69) is 52.5 Å². The molecule has 0 spiro atoms. The molecule has 0 unspecified atom stereocenters. The van der Waals surface area contributed by atoms with Crippen molar-refractivity contribution in [1.82, 2.24) is 52.5 Å². The smallest absolute Gasteiger partial charge is 0.251 e. The summed E-state index contributed by atoms with van der Waals surface area (Å²) < 4.78 is 0. The van der Waals surface area contributed by atoms with Crippen molar-refractivity contribution < 1.29 is 24.0 Å². The van der Waals surface area contributed by atoms with Crippen LogP contribution in [0.3, 0.4) is 0 Å². The molecule has 0 aliphatic carbocycles. The van der Waals surface area contributed by atoms with Gasteiger partial charge in [0.1, 0.15) is 18.1 Å². The fraction of sp³-hybridized carbons (Fsp3) is 0.647. The summed E-state index contributed by atoms with van der Waals surface area (Å²) in [7, 11) is 0. The summed E-state index contributed by atoms with van der Waals surface area (Å²) >= 11 is 0. The van der Waals surface area contributed by atoms with Crippen molar-refractivity contribution in [3.8, 4) is 11.4 Å². The Labute approximate surface area is 289 Å². The van der Waals surface area contributed by atoms with E-state index in [4.69, 9.17) is 0 Å². The molecule has 1 aromatic heterocycles. The summed E-state index contributed by atoms with van der Waals surface area (Å²) in [5, 5.41) is 31.4. The predicted molar refractivity (Wildman–Crippen MR) is 187 cm³/mol. The highest BCUT2D eigenvalue weighted by molar-refractivity contribution is 5.99. The molecule has 2 rings (SSSR count). The van der Waals surface area contributed by atoms with Crippen molar-refractivity contribution in [3.63, 3.8) is 0 Å². The molecule has 49 heavy (non-hydrogen) atoms. The van der Waals surface area contributed by atoms with E-state index in [1.54, 1.807) is 31.2 Å². The van der Waals surface area contributed by atoms with Gasteiger partial charge in [-0.05, 0) is 62.3 Å². The molecular formula is C34H56N10O5. The number of amides is 5. The van der Waals surface area contributed by atoms with E-state index in [9.17, 15) is 24.0 Å². The van der Waals surface area contributed by atoms with Gasteiger partial charge in [-0.3, -0.25) is 24.0 Å². The van der Waals surface area contributed by atoms with Gasteiger partial charge in [0.2, 0.25) is 29.5 Å². The van der Waals surface area contributed by atoms with Gasteiger partial charge in [0.05, 0.1) is 6.04 Å². The number of likely N-dealkylation sites (N-methyl/N-ethyl adjacent to an activating group) is 1. The molecule has 15 heteroatoms. The largest absolute Gasteiger partial charge is 0.355 e. The number of carbonyl (C=O) groups is 5. The third-order valence-electron chi connectivity index (χ3n) is 7.90. The van der Waals surface area contributed by atoms with Crippen LogP contribution in [-0.4, -0.2) is 93.5 Å². The molecule has 0 radical (unpaired) electrons. The molecule has 0 aliphatic heterocycles. The first-order valence-corrected chi connectivity index (χ1v) is 17.4. The highest BCUT2D eigenvalue weighted by Gasteiger charge is 2.29. The van der Waals surface area contributed by atoms with Gasteiger partial charge < -0.3 is 31.9 Å². The highest BCUT2D eigenvalue weighted by atomic mass is 16.2. The van der Waals surface area contributed by atoms with Gasteiger partial charge in [-0.2, -0.15) is 5.21 Å². The number of hydrogen-bond acceptors (Lipinski definition) is 9. The number of hydrogen-bond donors (Lipinski definition) is 7. The summed E-state index contributed by atoms with van der Waals surface area (Å²) in [5.41, 5.74) is 0.923. The quantitative estimate of drug-likeness (QED) is 0.102. The molecule has 272 valence electrons. The summed E-state index contributed by atoms with van der Waals surface area (Å²) in [5.74, 6) is -1.31. The maximum absolute atomic E-state index is 13.6. The second-order valence-corrected chi connectivity index (χ2v) is 13.1. The van der Waals surface area contributed by atoms with Crippen molar-refractivity contribution in [1.29, 1.82) is 0 Å². The second kappa shape index (κ2) is 20.9. The third kappa shape index (κ3) is 13.6. The van der Waals surface area contributed by atoms with E-state index in [1.807, 2.05) is 48.5 Å². The molecule has 5 atom stereocenters. The van der Waals surface area contributed by atoms with E-state index < -0.39 is 36.0 Å². The molecule has 7 N–H and O–H groups in total. The molecule has 0 fully saturated rings. The van der Waals surface area contributed by atoms with Crippen molar-refractivity contribution in [3.05, 3.63) is 29.8 Å². The van der Waals surface area contributed by atoms with Crippen LogP contribution in [0.25, 0.3) is 11.4 Å². The minimum Gasteiger partial charge on any atom is -0.355 e. The molecule has 5 amide bonds. The number of carbonyl (C=O) groups excluding carboxylic acids is 5. The minimum absolute atomic E-state index is 0.0967. The van der Waals surface area contributed by atoms with Crippen molar-refractivity contribution >= 4 is 29.5 Å². The summed E-state index contributed by atoms with van der Waals surface area (Å²) in [6, 6.07) is 3.39. The number of aromatic nitrogens is 4. The zero-order valence-corrected chi connectivity index (χ0v) is 30.2. The Balaban J connectivity index is 2.08. The molecule has 15 nitrogen and oxygen atoms in total. The summed E-state index contributed by atoms with van der Waals surface area (Å²) in [4.78, 5) is 65.7. The van der Waals surface area contributed by atoms with Crippen LogP contribution in [0.1, 0.15) is 97.9 Å². The van der Waals surface area contributed by atoms with Crippen LogP contribution in [0.5, 0.6) is 0 Å². The van der Waals surface area contributed by atoms with Crippen LogP contribution >= 0.6 is 0 Å². The van der Waals surface area contributed by atoms with Gasteiger partial charge in [-0.25, -0.2) is 0 Å². The first-order chi connectivity index (χ1) is 23.3. The van der Waals surface area contributed by atoms with Crippen LogP contribution < -0.4 is 31.9 Å². The maximum atomic E-state index is 13.6. The Hall–Kier alpha value is -4.40. The topological polar surface area (TPSA) is 212 Å². The van der Waals surface area contributed by atoms with Crippen LogP contribution in [0.2, 0.25) is 0 Å². The lowest BCUT2D eigenvalue weighted by molar-refractivity contribution is -0.131. The Bertz CT molecular complexity index is 1350. The number of nitrogens with zero attached hydrogens (tertiary/aromatic N) is 3. The van der Waals surface area contributed by atoms with Gasteiger partial charge in [0.15, 0.2) is 0 Å². The Kier molecular flexibility index (Phi) is 17.4. The lowest BCUT2D eigenvalue weighted by atomic mass is 10.0. The Morgan fingerprint density at radius 3 is 2.02 bits per heavy atom. The Morgan fingerprint density at radius 2 is 1.45 bits per heavy atom. The predicted octanol–water partition coefficient (Wildman–Crippen LogP) is 1.84. The standard InChI is InChI=1S/C34H56N10O5/c1-9-13-26(39-33(48)27(14-10-2)38-31(46)24-16-12-15-23(18-24)29-41-43-44-42-29)32(47)37-25(17-20(4)5)19-36-22(8)30(45)40-28(21(6)7)34(49)35-11-3/h12,15-16,18,20-22,25-28,36H,9-11,13-14,17,19H2,1-8H3,(H,35,49)(H,37,47)(H,38,46)(H,39,48)(H,40,45)(H,41,42,43,44)/t22-,25-,26-,27-,28-/m0/s1. The molecular weight excluding hydrogens is 628 g/mol. The Morgan fingerprint density at radius 1 is 0.796 bits per heavy atom. The molecule has 0 saturated heterocycles. The first-order valence-electron chi connectivity index (χ1n) is 17.4. The zero-order chi connectivity index (χ0) is 36.5. The fourth-order valence-electron chi connectivity index (χ4n) is 5.29. The highest BCUT2D eigenvalue weighted by Crippen LogP contribution is 2.15. The summed E-state index contributed by atoms with van der Waals surface area (Å²) in [6.45, 7) is 15.9. The normalized spacial score (nSPS) is 14.3. The molecule has 2 aromatic rings.